The van der Waals surface area contributed by atoms with Crippen molar-refractivity contribution in [3.63, 3.8) is 0 Å². The zero-order chi connectivity index (χ0) is 20.0. The summed E-state index contributed by atoms with van der Waals surface area (Å²) in [5.74, 6) is 6.22. The molecule has 1 aliphatic heterocycles. The second-order valence-electron chi connectivity index (χ2n) is 5.51. The highest BCUT2D eigenvalue weighted by Crippen LogP contribution is 2.17. The molecule has 1 fully saturated rings. The van der Waals surface area contributed by atoms with E-state index in [-0.39, 0.29) is 12.2 Å². The van der Waals surface area contributed by atoms with Crippen LogP contribution in [0.15, 0.2) is 85.1 Å². The topological polar surface area (TPSA) is 51.2 Å². The molecular weight excluding hydrogens is 348 g/mol. The van der Waals surface area contributed by atoms with Gasteiger partial charge in [0.1, 0.15) is 0 Å². The number of nitrogens with one attached hydrogen (secondary N) is 1. The van der Waals surface area contributed by atoms with Crippen molar-refractivity contribution in [2.24, 2.45) is 0 Å². The number of rotatable bonds is 1. The van der Waals surface area contributed by atoms with E-state index >= 15 is 0 Å². The smallest absolute Gasteiger partial charge is 0.408 e. The molecule has 1 aromatic heterocycles. The number of alkyl carbamates (subject to hydrolysis) is 1. The molecule has 0 aliphatic carbocycles. The SMILES string of the molecule is C#C.C(#Cc1ccccc1)c1ccccc1.O=C1NC[C@H](c2ccccn2)O1. The number of ether oxygens (including phenoxy) is 1. The third-order valence-electron chi connectivity index (χ3n) is 3.60. The summed E-state index contributed by atoms with van der Waals surface area (Å²) in [7, 11) is 0. The zero-order valence-corrected chi connectivity index (χ0v) is 15.3. The molecule has 1 aliphatic rings. The standard InChI is InChI=1S/C14H10.C8H8N2O2.C2H2/c1-3-7-13(8-4-1)11-12-14-9-5-2-6-10-14;11-8-10-5-7(12-8)6-3-1-2-4-9-6;1-2/h1-10H;1-4,7H,5H2,(H,10,11);1-2H/t;7-;/m.1./s1. The number of nitrogens with zero attached hydrogens (tertiary/aromatic N) is 1. The van der Waals surface area contributed by atoms with Crippen molar-refractivity contribution in [2.45, 2.75) is 6.10 Å². The molecule has 0 radical (unpaired) electrons. The maximum Gasteiger partial charge on any atom is 0.408 e. The van der Waals surface area contributed by atoms with E-state index in [2.05, 4.69) is 35.0 Å². The van der Waals surface area contributed by atoms with Gasteiger partial charge in [0.2, 0.25) is 0 Å². The van der Waals surface area contributed by atoms with E-state index in [4.69, 9.17) is 4.74 Å². The van der Waals surface area contributed by atoms with Gasteiger partial charge < -0.3 is 10.1 Å². The van der Waals surface area contributed by atoms with Gasteiger partial charge in [0.25, 0.3) is 0 Å². The monoisotopic (exact) mass is 368 g/mol. The Morgan fingerprint density at radius 1 is 0.857 bits per heavy atom. The van der Waals surface area contributed by atoms with Gasteiger partial charge in [-0.15, -0.1) is 12.8 Å². The van der Waals surface area contributed by atoms with Crippen molar-refractivity contribution in [1.82, 2.24) is 10.3 Å². The van der Waals surface area contributed by atoms with Gasteiger partial charge in [-0.1, -0.05) is 54.3 Å². The minimum atomic E-state index is -0.370. The molecule has 28 heavy (non-hydrogen) atoms. The van der Waals surface area contributed by atoms with Crippen molar-refractivity contribution >= 4 is 6.09 Å². The summed E-state index contributed by atoms with van der Waals surface area (Å²) in [5, 5.41) is 2.57. The molecule has 0 unspecified atom stereocenters. The van der Waals surface area contributed by atoms with Crippen LogP contribution in [0.5, 0.6) is 0 Å². The summed E-state index contributed by atoms with van der Waals surface area (Å²) >= 11 is 0. The molecule has 3 aromatic rings. The molecule has 4 heteroatoms. The lowest BCUT2D eigenvalue weighted by molar-refractivity contribution is 0.139. The highest BCUT2D eigenvalue weighted by atomic mass is 16.6. The van der Waals surface area contributed by atoms with Crippen molar-refractivity contribution in [3.8, 4) is 24.7 Å². The summed E-state index contributed by atoms with van der Waals surface area (Å²) in [6.07, 6.45) is 9.09. The number of amides is 1. The summed E-state index contributed by atoms with van der Waals surface area (Å²) in [6, 6.07) is 25.5. The Labute approximate surface area is 165 Å². The van der Waals surface area contributed by atoms with Gasteiger partial charge in [-0.25, -0.2) is 4.79 Å². The van der Waals surface area contributed by atoms with Gasteiger partial charge >= 0.3 is 6.09 Å². The predicted molar refractivity (Wildman–Crippen MR) is 110 cm³/mol. The minimum Gasteiger partial charge on any atom is -0.438 e. The van der Waals surface area contributed by atoms with Crippen LogP contribution in [0.2, 0.25) is 0 Å². The minimum absolute atomic E-state index is 0.223. The maximum absolute atomic E-state index is 10.7. The van der Waals surface area contributed by atoms with E-state index in [1.807, 2.05) is 78.9 Å². The van der Waals surface area contributed by atoms with Crippen molar-refractivity contribution in [3.05, 3.63) is 102 Å². The number of terminal acetylenes is 1. The first-order valence-electron chi connectivity index (χ1n) is 8.62. The molecule has 0 spiro atoms. The molecule has 138 valence electrons. The fourth-order valence-electron chi connectivity index (χ4n) is 2.31. The Hall–Kier alpha value is -4.02. The molecular formula is C24H20N2O2. The van der Waals surface area contributed by atoms with Crippen LogP contribution in [0.1, 0.15) is 22.9 Å². The van der Waals surface area contributed by atoms with Crippen LogP contribution >= 0.6 is 0 Å². The van der Waals surface area contributed by atoms with E-state index < -0.39 is 0 Å². The second kappa shape index (κ2) is 11.6. The largest absolute Gasteiger partial charge is 0.438 e. The van der Waals surface area contributed by atoms with Gasteiger partial charge in [-0.3, -0.25) is 4.98 Å². The van der Waals surface area contributed by atoms with Crippen LogP contribution in [0, 0.1) is 24.7 Å². The molecule has 4 rings (SSSR count). The summed E-state index contributed by atoms with van der Waals surface area (Å²) in [5.41, 5.74) is 2.89. The van der Waals surface area contributed by atoms with Crippen LogP contribution in [-0.2, 0) is 4.74 Å². The summed E-state index contributed by atoms with van der Waals surface area (Å²) in [6.45, 7) is 0.510. The highest BCUT2D eigenvalue weighted by molar-refractivity contribution is 5.69. The molecule has 1 N–H and O–H groups in total. The van der Waals surface area contributed by atoms with Crippen molar-refractivity contribution < 1.29 is 9.53 Å². The third-order valence-corrected chi connectivity index (χ3v) is 3.60. The van der Waals surface area contributed by atoms with Gasteiger partial charge in [-0.05, 0) is 36.4 Å². The van der Waals surface area contributed by atoms with Gasteiger partial charge in [0, 0.05) is 17.3 Å². The van der Waals surface area contributed by atoms with Crippen LogP contribution < -0.4 is 5.32 Å². The lowest BCUT2D eigenvalue weighted by Gasteiger charge is -2.04. The number of hydrogen-bond donors (Lipinski definition) is 1. The van der Waals surface area contributed by atoms with Crippen LogP contribution in [0.25, 0.3) is 0 Å². The number of hydrogen-bond acceptors (Lipinski definition) is 3. The van der Waals surface area contributed by atoms with E-state index in [9.17, 15) is 4.79 Å². The molecule has 1 saturated heterocycles. The average molecular weight is 368 g/mol. The quantitative estimate of drug-likeness (QED) is 0.655. The lowest BCUT2D eigenvalue weighted by atomic mass is 10.2. The van der Waals surface area contributed by atoms with Crippen LogP contribution in [-0.4, -0.2) is 17.6 Å². The average Bonchev–Trinajstić information content (AvgIpc) is 3.23. The molecule has 1 atom stereocenters. The molecule has 2 heterocycles. The van der Waals surface area contributed by atoms with Crippen molar-refractivity contribution in [2.75, 3.05) is 6.54 Å². The number of benzene rings is 2. The van der Waals surface area contributed by atoms with Gasteiger partial charge in [0.05, 0.1) is 12.2 Å². The first kappa shape index (κ1) is 20.3. The molecule has 2 aromatic carbocycles. The van der Waals surface area contributed by atoms with E-state index in [0.29, 0.717) is 6.54 Å². The first-order valence-corrected chi connectivity index (χ1v) is 8.62. The zero-order valence-electron chi connectivity index (χ0n) is 15.3. The summed E-state index contributed by atoms with van der Waals surface area (Å²) in [4.78, 5) is 14.7. The number of aromatic nitrogens is 1. The third kappa shape index (κ3) is 6.71. The number of cyclic esters (lactones) is 1. The Bertz CT molecular complexity index is 884. The Morgan fingerprint density at radius 2 is 1.39 bits per heavy atom. The molecule has 1 amide bonds. The number of carbonyl (C=O) groups excluding carboxylic acids is 1. The molecule has 0 bridgehead atoms. The molecule has 4 nitrogen and oxygen atoms in total. The number of pyridine rings is 1. The summed E-state index contributed by atoms with van der Waals surface area (Å²) < 4.78 is 4.93. The lowest BCUT2D eigenvalue weighted by Crippen LogP contribution is -2.12. The van der Waals surface area contributed by atoms with Gasteiger partial charge in [-0.2, -0.15) is 0 Å². The van der Waals surface area contributed by atoms with Crippen LogP contribution in [0.3, 0.4) is 0 Å². The van der Waals surface area contributed by atoms with Gasteiger partial charge in [0.15, 0.2) is 6.10 Å². The van der Waals surface area contributed by atoms with E-state index in [1.54, 1.807) is 6.20 Å². The Morgan fingerprint density at radius 3 is 1.82 bits per heavy atom. The fraction of sp³-hybridized carbons (Fsp3) is 0.0833. The normalized spacial score (nSPS) is 13.8. The second-order valence-corrected chi connectivity index (χ2v) is 5.51. The predicted octanol–water partition coefficient (Wildman–Crippen LogP) is 4.20. The maximum atomic E-state index is 10.7. The van der Waals surface area contributed by atoms with Crippen LogP contribution in [0.4, 0.5) is 4.79 Å². The Balaban J connectivity index is 0.000000186. The Kier molecular flexibility index (Phi) is 8.38. The number of carbonyl (C=O) groups is 1. The van der Waals surface area contributed by atoms with Crippen molar-refractivity contribution in [1.29, 1.82) is 0 Å². The first-order chi connectivity index (χ1) is 13.8. The molecule has 0 saturated carbocycles. The highest BCUT2D eigenvalue weighted by Gasteiger charge is 2.24. The van der Waals surface area contributed by atoms with E-state index in [1.165, 1.54) is 0 Å². The van der Waals surface area contributed by atoms with E-state index in [0.717, 1.165) is 16.8 Å². The fourth-order valence-corrected chi connectivity index (χ4v) is 2.31.